The fourth-order valence-corrected chi connectivity index (χ4v) is 8.90. The maximum Gasteiger partial charge on any atom is 0.108 e. The normalized spacial score (nSPS) is 24.5. The fourth-order valence-electron chi connectivity index (χ4n) is 8.90. The first-order valence-electron chi connectivity index (χ1n) is 16.5. The number of anilines is 4. The van der Waals surface area contributed by atoms with Crippen LogP contribution < -0.4 is 46.1 Å². The van der Waals surface area contributed by atoms with Gasteiger partial charge in [0, 0.05) is 74.4 Å². The quantitative estimate of drug-likeness (QED) is 0.203. The summed E-state index contributed by atoms with van der Waals surface area (Å²) < 4.78 is 2.79. The number of halogens is 2. The zero-order valence-electron chi connectivity index (χ0n) is 25.6. The van der Waals surface area contributed by atoms with Crippen molar-refractivity contribution in [3.8, 4) is 0 Å². The standard InChI is InChI=1S/C34H54N6.2ClH/c35-29-9-13-31(14-10-29)37-19-17-33(27-37)39(23-5-6-24-39)21-3-1-2-4-22-40(25-7-8-26-40)34-18-20-38(28-34)32-15-11-30(36)12-16-32;;/h9-16,33-34H,1-8,17-28,35-36H2;2*1H/q+2;;/p-2. The molecule has 6 rings (SSSR count). The lowest BCUT2D eigenvalue weighted by atomic mass is 10.1. The predicted octanol–water partition coefficient (Wildman–Crippen LogP) is -0.502. The maximum atomic E-state index is 5.94. The van der Waals surface area contributed by atoms with Crippen molar-refractivity contribution in [3.63, 3.8) is 0 Å². The molecule has 0 radical (unpaired) electrons. The second kappa shape index (κ2) is 14.7. The van der Waals surface area contributed by atoms with Crippen LogP contribution >= 0.6 is 0 Å². The third kappa shape index (κ3) is 7.26. The minimum Gasteiger partial charge on any atom is -1.00 e. The van der Waals surface area contributed by atoms with Gasteiger partial charge in [-0.05, 0) is 74.2 Å². The number of nitrogens with zero attached hydrogens (tertiary/aromatic N) is 4. The van der Waals surface area contributed by atoms with Crippen molar-refractivity contribution in [1.82, 2.24) is 0 Å². The highest BCUT2D eigenvalue weighted by Gasteiger charge is 2.44. The summed E-state index contributed by atoms with van der Waals surface area (Å²) in [7, 11) is 0. The fraction of sp³-hybridized carbons (Fsp3) is 0.647. The van der Waals surface area contributed by atoms with Crippen LogP contribution in [0.15, 0.2) is 48.5 Å². The molecule has 6 nitrogen and oxygen atoms in total. The molecule has 0 saturated carbocycles. The Hall–Kier alpha value is -1.86. The predicted molar refractivity (Wildman–Crippen MR) is 170 cm³/mol. The lowest BCUT2D eigenvalue weighted by molar-refractivity contribution is -0.938. The summed E-state index contributed by atoms with van der Waals surface area (Å²) >= 11 is 0. The van der Waals surface area contributed by atoms with Crippen LogP contribution in [0.5, 0.6) is 0 Å². The zero-order chi connectivity index (χ0) is 27.4. The van der Waals surface area contributed by atoms with Gasteiger partial charge in [-0.1, -0.05) is 0 Å². The highest BCUT2D eigenvalue weighted by Crippen LogP contribution is 2.34. The monoisotopic (exact) mass is 616 g/mol. The molecule has 4 saturated heterocycles. The Morgan fingerprint density at radius 3 is 1.26 bits per heavy atom. The van der Waals surface area contributed by atoms with Crippen LogP contribution in [0.3, 0.4) is 0 Å². The molecular weight excluding hydrogens is 563 g/mol. The molecule has 4 N–H and O–H groups in total. The first-order valence-corrected chi connectivity index (χ1v) is 16.5. The van der Waals surface area contributed by atoms with E-state index in [0.29, 0.717) is 0 Å². The Kier molecular flexibility index (Phi) is 11.6. The van der Waals surface area contributed by atoms with Gasteiger partial charge in [0.2, 0.25) is 0 Å². The Labute approximate surface area is 267 Å². The lowest BCUT2D eigenvalue weighted by Gasteiger charge is -2.41. The second-order valence-corrected chi connectivity index (χ2v) is 13.6. The summed E-state index contributed by atoms with van der Waals surface area (Å²) in [6.45, 7) is 13.3. The molecule has 234 valence electrons. The summed E-state index contributed by atoms with van der Waals surface area (Å²) in [6.07, 6.45) is 14.0. The minimum atomic E-state index is 0. The van der Waals surface area contributed by atoms with Gasteiger partial charge in [0.15, 0.2) is 0 Å². The number of quaternary nitrogens is 2. The van der Waals surface area contributed by atoms with Crippen LogP contribution in [-0.2, 0) is 0 Å². The van der Waals surface area contributed by atoms with E-state index < -0.39 is 0 Å². The molecule has 8 heteroatoms. The molecule has 4 fully saturated rings. The van der Waals surface area contributed by atoms with Crippen LogP contribution in [0, 0.1) is 0 Å². The molecule has 42 heavy (non-hydrogen) atoms. The number of hydrogen-bond donors (Lipinski definition) is 2. The SMILES string of the molecule is Nc1ccc(N2CCC([N+]3(CCCCCC[N+]4(C5CCN(c6ccc(N)cc6)C5)CCCC4)CCCC3)C2)cc1.[Cl-].[Cl-]. The van der Waals surface area contributed by atoms with Gasteiger partial charge >= 0.3 is 0 Å². The molecule has 0 bridgehead atoms. The average molecular weight is 618 g/mol. The van der Waals surface area contributed by atoms with Crippen LogP contribution in [-0.4, -0.2) is 86.5 Å². The summed E-state index contributed by atoms with van der Waals surface area (Å²) in [6, 6.07) is 18.7. The maximum absolute atomic E-state index is 5.94. The third-order valence-electron chi connectivity index (χ3n) is 11.3. The van der Waals surface area contributed by atoms with Crippen LogP contribution in [0.25, 0.3) is 0 Å². The topological polar surface area (TPSA) is 58.5 Å². The zero-order valence-corrected chi connectivity index (χ0v) is 27.1. The van der Waals surface area contributed by atoms with Gasteiger partial charge in [-0.15, -0.1) is 0 Å². The third-order valence-corrected chi connectivity index (χ3v) is 11.3. The van der Waals surface area contributed by atoms with Gasteiger partial charge in [-0.2, -0.15) is 0 Å². The van der Waals surface area contributed by atoms with E-state index in [1.54, 1.807) is 0 Å². The van der Waals surface area contributed by atoms with E-state index in [-0.39, 0.29) is 24.8 Å². The van der Waals surface area contributed by atoms with E-state index in [1.165, 1.54) is 150 Å². The van der Waals surface area contributed by atoms with Crippen molar-refractivity contribution in [2.75, 3.05) is 86.7 Å². The number of nitrogen functional groups attached to an aromatic ring is 2. The van der Waals surface area contributed by atoms with Crippen molar-refractivity contribution in [3.05, 3.63) is 48.5 Å². The number of benzene rings is 2. The largest absolute Gasteiger partial charge is 1.00 e. The summed E-state index contributed by atoms with van der Waals surface area (Å²) in [4.78, 5) is 5.22. The van der Waals surface area contributed by atoms with Crippen LogP contribution in [0.1, 0.15) is 64.2 Å². The van der Waals surface area contributed by atoms with Crippen LogP contribution in [0.4, 0.5) is 22.7 Å². The van der Waals surface area contributed by atoms with Crippen molar-refractivity contribution in [1.29, 1.82) is 0 Å². The minimum absolute atomic E-state index is 0. The Morgan fingerprint density at radius 1 is 0.548 bits per heavy atom. The Morgan fingerprint density at radius 2 is 0.905 bits per heavy atom. The van der Waals surface area contributed by atoms with Gasteiger partial charge < -0.3 is 55.0 Å². The van der Waals surface area contributed by atoms with Gasteiger partial charge in [-0.25, -0.2) is 0 Å². The number of hydrogen-bond acceptors (Lipinski definition) is 4. The molecule has 4 heterocycles. The molecule has 0 aromatic heterocycles. The first kappa shape index (κ1) is 33.0. The summed E-state index contributed by atoms with van der Waals surface area (Å²) in [5.74, 6) is 0. The molecule has 4 aliphatic rings. The first-order chi connectivity index (χ1) is 19.6. The van der Waals surface area contributed by atoms with E-state index in [4.69, 9.17) is 11.5 Å². The highest BCUT2D eigenvalue weighted by molar-refractivity contribution is 5.54. The molecule has 2 aromatic rings. The molecule has 4 aliphatic heterocycles. The molecule has 0 aliphatic carbocycles. The smallest absolute Gasteiger partial charge is 0.108 e. The second-order valence-electron chi connectivity index (χ2n) is 13.6. The van der Waals surface area contributed by atoms with Crippen molar-refractivity contribution < 1.29 is 33.8 Å². The van der Waals surface area contributed by atoms with Crippen molar-refractivity contribution in [2.24, 2.45) is 0 Å². The highest BCUT2D eigenvalue weighted by atomic mass is 35.5. The molecular formula is C34H54Cl2N6. The Balaban J connectivity index is 0.00000202. The van der Waals surface area contributed by atoms with Gasteiger partial charge in [0.25, 0.3) is 0 Å². The molecule has 2 atom stereocenters. The number of rotatable bonds is 11. The lowest BCUT2D eigenvalue weighted by Crippen LogP contribution is -3.00. The van der Waals surface area contributed by atoms with Gasteiger partial charge in [0.05, 0.1) is 52.4 Å². The molecule has 2 unspecified atom stereocenters. The summed E-state index contributed by atoms with van der Waals surface area (Å²) in [5, 5.41) is 0. The van der Waals surface area contributed by atoms with Crippen molar-refractivity contribution >= 4 is 22.7 Å². The molecule has 0 amide bonds. The number of nitrogens with two attached hydrogens (primary N) is 2. The Bertz CT molecular complexity index is 995. The molecule has 0 spiro atoms. The van der Waals surface area contributed by atoms with E-state index in [1.807, 2.05) is 0 Å². The van der Waals surface area contributed by atoms with E-state index >= 15 is 0 Å². The average Bonchev–Trinajstić information content (AvgIpc) is 3.79. The van der Waals surface area contributed by atoms with Gasteiger partial charge in [-0.3, -0.25) is 0 Å². The van der Waals surface area contributed by atoms with Gasteiger partial charge in [0.1, 0.15) is 12.1 Å². The van der Waals surface area contributed by atoms with E-state index in [9.17, 15) is 0 Å². The van der Waals surface area contributed by atoms with E-state index in [2.05, 4.69) is 58.3 Å². The number of unbranched alkanes of at least 4 members (excludes halogenated alkanes) is 3. The summed E-state index contributed by atoms with van der Waals surface area (Å²) in [5.41, 5.74) is 16.3. The number of likely N-dealkylation sites (tertiary alicyclic amines) is 2. The van der Waals surface area contributed by atoms with Crippen molar-refractivity contribution in [2.45, 2.75) is 76.3 Å². The van der Waals surface area contributed by atoms with Crippen LogP contribution in [0.2, 0.25) is 0 Å². The van der Waals surface area contributed by atoms with E-state index in [0.717, 1.165) is 23.5 Å². The molecule has 2 aromatic carbocycles.